The monoisotopic (exact) mass is 395 g/mol. The van der Waals surface area contributed by atoms with E-state index in [1.54, 1.807) is 10.3 Å². The van der Waals surface area contributed by atoms with Gasteiger partial charge in [-0.15, -0.1) is 11.3 Å². The van der Waals surface area contributed by atoms with Crippen LogP contribution in [0.3, 0.4) is 0 Å². The molecule has 0 spiro atoms. The van der Waals surface area contributed by atoms with Gasteiger partial charge in [-0.2, -0.15) is 0 Å². The number of thiazole rings is 1. The lowest BCUT2D eigenvalue weighted by atomic mass is 10.1. The molecule has 0 bridgehead atoms. The van der Waals surface area contributed by atoms with Crippen molar-refractivity contribution in [3.8, 4) is 0 Å². The lowest BCUT2D eigenvalue weighted by Gasteiger charge is -2.26. The lowest BCUT2D eigenvalue weighted by Crippen LogP contribution is -2.36. The van der Waals surface area contributed by atoms with Crippen LogP contribution in [-0.4, -0.2) is 33.8 Å². The first-order valence-corrected chi connectivity index (χ1v) is 10.3. The fourth-order valence-electron chi connectivity index (χ4n) is 2.95. The van der Waals surface area contributed by atoms with Crippen molar-refractivity contribution in [2.75, 3.05) is 0 Å². The van der Waals surface area contributed by atoms with E-state index in [-0.39, 0.29) is 23.9 Å². The Hall–Kier alpha value is -2.73. The van der Waals surface area contributed by atoms with Crippen LogP contribution < -0.4 is 5.32 Å². The van der Waals surface area contributed by atoms with Crippen LogP contribution in [0.15, 0.2) is 47.8 Å². The Morgan fingerprint density at radius 3 is 2.46 bits per heavy atom. The van der Waals surface area contributed by atoms with Gasteiger partial charge in [0, 0.05) is 23.0 Å². The number of hydrogen-bond donors (Lipinski definition) is 1. The van der Waals surface area contributed by atoms with Crippen LogP contribution in [0.25, 0.3) is 10.8 Å². The van der Waals surface area contributed by atoms with Crippen molar-refractivity contribution in [1.82, 2.24) is 15.2 Å². The molecule has 0 radical (unpaired) electrons. The fraction of sp³-hybridized carbons (Fsp3) is 0.318. The second-order valence-corrected chi connectivity index (χ2v) is 8.29. The van der Waals surface area contributed by atoms with Crippen LogP contribution in [-0.2, 0) is 6.54 Å². The Morgan fingerprint density at radius 1 is 1.07 bits per heavy atom. The highest BCUT2D eigenvalue weighted by molar-refractivity contribution is 7.09. The molecule has 0 unspecified atom stereocenters. The molecular weight excluding hydrogens is 370 g/mol. The third-order valence-electron chi connectivity index (χ3n) is 4.39. The van der Waals surface area contributed by atoms with Crippen LogP contribution in [0, 0.1) is 0 Å². The minimum Gasteiger partial charge on any atom is -0.349 e. The van der Waals surface area contributed by atoms with E-state index in [0.29, 0.717) is 17.8 Å². The van der Waals surface area contributed by atoms with E-state index in [1.807, 2.05) is 70.2 Å². The van der Waals surface area contributed by atoms with Crippen molar-refractivity contribution in [2.24, 2.45) is 0 Å². The average molecular weight is 396 g/mol. The van der Waals surface area contributed by atoms with Gasteiger partial charge in [0.15, 0.2) is 0 Å². The average Bonchev–Trinajstić information content (AvgIpc) is 3.13. The van der Waals surface area contributed by atoms with Crippen molar-refractivity contribution >= 4 is 33.9 Å². The quantitative estimate of drug-likeness (QED) is 0.669. The maximum Gasteiger partial charge on any atom is 0.270 e. The van der Waals surface area contributed by atoms with Gasteiger partial charge in [-0.1, -0.05) is 30.3 Å². The van der Waals surface area contributed by atoms with Crippen LogP contribution >= 0.6 is 11.3 Å². The summed E-state index contributed by atoms with van der Waals surface area (Å²) in [6.07, 6.45) is 0. The predicted molar refractivity (Wildman–Crippen MR) is 114 cm³/mol. The Balaban J connectivity index is 1.80. The summed E-state index contributed by atoms with van der Waals surface area (Å²) < 4.78 is 0. The Labute approximate surface area is 169 Å². The van der Waals surface area contributed by atoms with E-state index in [1.165, 1.54) is 11.3 Å². The summed E-state index contributed by atoms with van der Waals surface area (Å²) in [5.41, 5.74) is 1.05. The zero-order chi connectivity index (χ0) is 20.3. The maximum atomic E-state index is 13.1. The van der Waals surface area contributed by atoms with Crippen molar-refractivity contribution in [1.29, 1.82) is 0 Å². The normalized spacial score (nSPS) is 11.2. The molecule has 1 aromatic heterocycles. The lowest BCUT2D eigenvalue weighted by molar-refractivity contribution is 0.0690. The van der Waals surface area contributed by atoms with Gasteiger partial charge in [0.1, 0.15) is 10.7 Å². The number of amides is 2. The third-order valence-corrected chi connectivity index (χ3v) is 5.22. The van der Waals surface area contributed by atoms with Gasteiger partial charge >= 0.3 is 0 Å². The highest BCUT2D eigenvalue weighted by Crippen LogP contribution is 2.20. The van der Waals surface area contributed by atoms with Crippen LogP contribution in [0.5, 0.6) is 0 Å². The molecule has 0 fully saturated rings. The molecule has 0 saturated carbocycles. The Kier molecular flexibility index (Phi) is 6.09. The zero-order valence-corrected chi connectivity index (χ0v) is 17.4. The first kappa shape index (κ1) is 20.0. The summed E-state index contributed by atoms with van der Waals surface area (Å²) in [6, 6.07) is 13.8. The molecule has 0 saturated heterocycles. The predicted octanol–water partition coefficient (Wildman–Crippen LogP) is 4.49. The number of nitrogens with zero attached hydrogens (tertiary/aromatic N) is 2. The molecular formula is C22H25N3O2S. The second kappa shape index (κ2) is 8.52. The van der Waals surface area contributed by atoms with E-state index in [9.17, 15) is 9.59 Å². The van der Waals surface area contributed by atoms with E-state index in [2.05, 4.69) is 10.3 Å². The topological polar surface area (TPSA) is 62.3 Å². The number of fused-ring (bicyclic) bond motifs is 1. The van der Waals surface area contributed by atoms with Crippen molar-refractivity contribution < 1.29 is 9.59 Å². The summed E-state index contributed by atoms with van der Waals surface area (Å²) in [4.78, 5) is 31.5. The highest BCUT2D eigenvalue weighted by Gasteiger charge is 2.21. The molecule has 3 rings (SSSR count). The summed E-state index contributed by atoms with van der Waals surface area (Å²) in [5, 5.41) is 7.48. The molecule has 6 heteroatoms. The fourth-order valence-corrected chi connectivity index (χ4v) is 3.72. The molecule has 0 aliphatic carbocycles. The van der Waals surface area contributed by atoms with Crippen LogP contribution in [0.4, 0.5) is 0 Å². The van der Waals surface area contributed by atoms with Gasteiger partial charge in [-0.05, 0) is 50.6 Å². The number of carbonyl (C=O) groups excluding carboxylic acids is 2. The number of nitrogens with one attached hydrogen (secondary N) is 1. The summed E-state index contributed by atoms with van der Waals surface area (Å²) >= 11 is 1.40. The number of aromatic nitrogens is 1. The number of carbonyl (C=O) groups is 2. The molecule has 0 aliphatic heterocycles. The molecule has 5 nitrogen and oxygen atoms in total. The summed E-state index contributed by atoms with van der Waals surface area (Å²) in [6.45, 7) is 8.17. The molecule has 0 atom stereocenters. The van der Waals surface area contributed by atoms with Crippen LogP contribution in [0.1, 0.15) is 53.5 Å². The van der Waals surface area contributed by atoms with Gasteiger partial charge in [0.25, 0.3) is 11.8 Å². The molecule has 146 valence electrons. The molecule has 1 N–H and O–H groups in total. The standard InChI is InChI=1S/C22H25N3O2S/c1-14(2)23-21(26)19-13-28-20(24-19)12-25(15(3)4)22(27)18-10-9-16-7-5-6-8-17(16)11-18/h5-11,13-15H,12H2,1-4H3,(H,23,26). The van der Waals surface area contributed by atoms with Gasteiger partial charge < -0.3 is 10.2 Å². The maximum absolute atomic E-state index is 13.1. The summed E-state index contributed by atoms with van der Waals surface area (Å²) in [5.74, 6) is -0.224. The van der Waals surface area contributed by atoms with E-state index < -0.39 is 0 Å². The molecule has 2 amide bonds. The van der Waals surface area contributed by atoms with E-state index in [4.69, 9.17) is 0 Å². The Morgan fingerprint density at radius 2 is 1.79 bits per heavy atom. The molecule has 2 aromatic carbocycles. The van der Waals surface area contributed by atoms with Crippen molar-refractivity contribution in [3.63, 3.8) is 0 Å². The molecule has 1 heterocycles. The largest absolute Gasteiger partial charge is 0.349 e. The van der Waals surface area contributed by atoms with Gasteiger partial charge in [-0.25, -0.2) is 4.98 Å². The molecule has 0 aliphatic rings. The van der Waals surface area contributed by atoms with E-state index >= 15 is 0 Å². The first-order valence-electron chi connectivity index (χ1n) is 9.40. The molecule has 28 heavy (non-hydrogen) atoms. The van der Waals surface area contributed by atoms with Crippen molar-refractivity contribution in [2.45, 2.75) is 46.3 Å². The number of hydrogen-bond acceptors (Lipinski definition) is 4. The number of benzene rings is 2. The van der Waals surface area contributed by atoms with Crippen LogP contribution in [0.2, 0.25) is 0 Å². The smallest absolute Gasteiger partial charge is 0.270 e. The van der Waals surface area contributed by atoms with Crippen molar-refractivity contribution in [3.05, 3.63) is 64.1 Å². The summed E-state index contributed by atoms with van der Waals surface area (Å²) in [7, 11) is 0. The second-order valence-electron chi connectivity index (χ2n) is 7.34. The molecule has 3 aromatic rings. The third kappa shape index (κ3) is 4.57. The number of rotatable bonds is 6. The first-order chi connectivity index (χ1) is 13.3. The SMILES string of the molecule is CC(C)NC(=O)c1csc(CN(C(=O)c2ccc3ccccc3c2)C(C)C)n1. The highest BCUT2D eigenvalue weighted by atomic mass is 32.1. The van der Waals surface area contributed by atoms with Gasteiger partial charge in [0.2, 0.25) is 0 Å². The minimum atomic E-state index is -0.186. The van der Waals surface area contributed by atoms with Gasteiger partial charge in [0.05, 0.1) is 6.54 Å². The Bertz CT molecular complexity index is 994. The zero-order valence-electron chi connectivity index (χ0n) is 16.6. The van der Waals surface area contributed by atoms with E-state index in [0.717, 1.165) is 15.8 Å². The van der Waals surface area contributed by atoms with Gasteiger partial charge in [-0.3, -0.25) is 9.59 Å². The minimum absolute atomic E-state index is 0.0100.